The van der Waals surface area contributed by atoms with Crippen LogP contribution in [0.5, 0.6) is 17.2 Å². The van der Waals surface area contributed by atoms with Gasteiger partial charge < -0.3 is 19.2 Å². The lowest BCUT2D eigenvalue weighted by atomic mass is 10.1. The number of nitrogens with one attached hydrogen (secondary N) is 1. The maximum absolute atomic E-state index is 12.6. The normalized spacial score (nSPS) is 14.9. The highest BCUT2D eigenvalue weighted by atomic mass is 16.5. The molecule has 2 aromatic rings. The van der Waals surface area contributed by atoms with Gasteiger partial charge in [-0.1, -0.05) is 0 Å². The van der Waals surface area contributed by atoms with Crippen molar-refractivity contribution in [2.45, 2.75) is 13.8 Å². The molecule has 2 heterocycles. The monoisotopic (exact) mass is 299 g/mol. The summed E-state index contributed by atoms with van der Waals surface area (Å²) in [5, 5.41) is 0. The number of allylic oxidation sites excluding steroid dienone is 1. The molecule has 1 aromatic carbocycles. The number of ether oxygens (including phenoxy) is 3. The summed E-state index contributed by atoms with van der Waals surface area (Å²) in [6.07, 6.45) is 1.72. The predicted molar refractivity (Wildman–Crippen MR) is 82.7 cm³/mol. The minimum Gasteiger partial charge on any atom is -0.496 e. The molecule has 0 fully saturated rings. The van der Waals surface area contributed by atoms with Crippen LogP contribution in [0.4, 0.5) is 0 Å². The Morgan fingerprint density at radius 3 is 2.50 bits per heavy atom. The van der Waals surface area contributed by atoms with Gasteiger partial charge >= 0.3 is 0 Å². The van der Waals surface area contributed by atoms with Crippen LogP contribution in [-0.4, -0.2) is 25.0 Å². The summed E-state index contributed by atoms with van der Waals surface area (Å²) in [6.45, 7) is 3.95. The van der Waals surface area contributed by atoms with E-state index in [1.165, 1.54) is 7.11 Å². The van der Waals surface area contributed by atoms with Gasteiger partial charge in [-0.3, -0.25) is 4.79 Å². The van der Waals surface area contributed by atoms with Crippen LogP contribution in [0, 0.1) is 13.8 Å². The third kappa shape index (κ3) is 2.24. The Balaban J connectivity index is 2.06. The van der Waals surface area contributed by atoms with Gasteiger partial charge in [0.1, 0.15) is 22.8 Å². The van der Waals surface area contributed by atoms with Crippen LogP contribution >= 0.6 is 0 Å². The molecule has 1 aliphatic heterocycles. The Labute approximate surface area is 128 Å². The third-order valence-electron chi connectivity index (χ3n) is 3.63. The topological polar surface area (TPSA) is 60.6 Å². The highest BCUT2D eigenvalue weighted by molar-refractivity contribution is 6.16. The highest BCUT2D eigenvalue weighted by Crippen LogP contribution is 2.41. The van der Waals surface area contributed by atoms with E-state index in [1.807, 2.05) is 19.9 Å². The Bertz CT molecular complexity index is 786. The zero-order chi connectivity index (χ0) is 15.9. The molecular weight excluding hydrogens is 282 g/mol. The number of carbonyl (C=O) groups is 1. The number of methoxy groups -OCH3 is 2. The first-order chi connectivity index (χ1) is 10.5. The van der Waals surface area contributed by atoms with Crippen LogP contribution in [0.15, 0.2) is 24.0 Å². The van der Waals surface area contributed by atoms with Crippen molar-refractivity contribution in [1.29, 1.82) is 0 Å². The van der Waals surface area contributed by atoms with Gasteiger partial charge in [-0.05, 0) is 25.5 Å². The number of fused-ring (bicyclic) bond motifs is 1. The second-order valence-electron chi connectivity index (χ2n) is 5.19. The van der Waals surface area contributed by atoms with E-state index in [9.17, 15) is 4.79 Å². The Kier molecular flexibility index (Phi) is 3.41. The van der Waals surface area contributed by atoms with E-state index in [0.29, 0.717) is 22.8 Å². The number of ketones is 1. The average molecular weight is 299 g/mol. The van der Waals surface area contributed by atoms with E-state index in [2.05, 4.69) is 4.98 Å². The first-order valence-electron chi connectivity index (χ1n) is 6.90. The van der Waals surface area contributed by atoms with Gasteiger partial charge in [-0.2, -0.15) is 0 Å². The Morgan fingerprint density at radius 1 is 1.14 bits per heavy atom. The van der Waals surface area contributed by atoms with E-state index in [4.69, 9.17) is 14.2 Å². The van der Waals surface area contributed by atoms with Crippen LogP contribution in [0.2, 0.25) is 0 Å². The van der Waals surface area contributed by atoms with Crippen molar-refractivity contribution in [2.75, 3.05) is 14.2 Å². The molecule has 22 heavy (non-hydrogen) atoms. The number of Topliss-reactive ketones (excluding diaryl/α,β-unsaturated/α-hetero) is 1. The third-order valence-corrected chi connectivity index (χ3v) is 3.63. The summed E-state index contributed by atoms with van der Waals surface area (Å²) in [5.74, 6) is 1.56. The number of aromatic nitrogens is 1. The molecule has 114 valence electrons. The summed E-state index contributed by atoms with van der Waals surface area (Å²) in [7, 11) is 3.07. The van der Waals surface area contributed by atoms with Crippen LogP contribution < -0.4 is 14.2 Å². The van der Waals surface area contributed by atoms with E-state index >= 15 is 0 Å². The molecule has 0 spiro atoms. The maximum atomic E-state index is 12.6. The fraction of sp³-hybridized carbons (Fsp3) is 0.235. The zero-order valence-corrected chi connectivity index (χ0v) is 12.9. The second kappa shape index (κ2) is 5.26. The number of H-pyrrole nitrogens is 1. The minimum absolute atomic E-state index is 0.193. The van der Waals surface area contributed by atoms with Crippen molar-refractivity contribution in [1.82, 2.24) is 4.98 Å². The molecule has 0 atom stereocenters. The SMILES string of the molecule is COc1cc(OC)c2c(c1)O/C(=C\c1[nH]c(C)cc1C)C2=O. The number of aromatic amines is 1. The lowest BCUT2D eigenvalue weighted by Gasteiger charge is -2.07. The fourth-order valence-electron chi connectivity index (χ4n) is 2.56. The molecule has 1 aromatic heterocycles. The maximum Gasteiger partial charge on any atom is 0.235 e. The molecular formula is C17H17NO4. The molecule has 0 unspecified atom stereocenters. The minimum atomic E-state index is -0.193. The van der Waals surface area contributed by atoms with Crippen molar-refractivity contribution in [3.8, 4) is 17.2 Å². The van der Waals surface area contributed by atoms with Crippen molar-refractivity contribution in [3.63, 3.8) is 0 Å². The summed E-state index contributed by atoms with van der Waals surface area (Å²) in [4.78, 5) is 15.8. The van der Waals surface area contributed by atoms with Gasteiger partial charge in [0.15, 0.2) is 5.76 Å². The van der Waals surface area contributed by atoms with Gasteiger partial charge in [0.05, 0.1) is 14.2 Å². The highest BCUT2D eigenvalue weighted by Gasteiger charge is 2.32. The quantitative estimate of drug-likeness (QED) is 0.884. The van der Waals surface area contributed by atoms with Gasteiger partial charge in [0, 0.05) is 29.6 Å². The molecule has 1 aliphatic rings. The largest absolute Gasteiger partial charge is 0.496 e. The van der Waals surface area contributed by atoms with Gasteiger partial charge in [-0.25, -0.2) is 0 Å². The number of hydrogen-bond acceptors (Lipinski definition) is 4. The fourth-order valence-corrected chi connectivity index (χ4v) is 2.56. The molecule has 0 bridgehead atoms. The average Bonchev–Trinajstić information content (AvgIpc) is 2.98. The molecule has 1 N–H and O–H groups in total. The molecule has 0 saturated heterocycles. The van der Waals surface area contributed by atoms with Crippen LogP contribution in [0.3, 0.4) is 0 Å². The first kappa shape index (κ1) is 14.3. The molecule has 0 aliphatic carbocycles. The number of benzene rings is 1. The summed E-state index contributed by atoms with van der Waals surface area (Å²) in [6, 6.07) is 5.37. The Morgan fingerprint density at radius 2 is 1.91 bits per heavy atom. The standard InChI is InChI=1S/C17H17NO4/c1-9-5-10(2)18-12(9)8-15-17(19)16-13(21-4)6-11(20-3)7-14(16)22-15/h5-8,18H,1-4H3/b15-8-. The van der Waals surface area contributed by atoms with Crippen molar-refractivity contribution >= 4 is 11.9 Å². The van der Waals surface area contributed by atoms with Crippen molar-refractivity contribution in [3.05, 3.63) is 46.5 Å². The molecule has 0 radical (unpaired) electrons. The molecule has 3 rings (SSSR count). The van der Waals surface area contributed by atoms with Crippen molar-refractivity contribution < 1.29 is 19.0 Å². The number of carbonyl (C=O) groups excluding carboxylic acids is 1. The smallest absolute Gasteiger partial charge is 0.235 e. The molecule has 5 nitrogen and oxygen atoms in total. The summed E-state index contributed by atoms with van der Waals surface area (Å²) < 4.78 is 16.2. The zero-order valence-electron chi connectivity index (χ0n) is 12.9. The summed E-state index contributed by atoms with van der Waals surface area (Å²) in [5.41, 5.74) is 3.38. The lowest BCUT2D eigenvalue weighted by molar-refractivity contribution is 0.101. The molecule has 0 saturated carbocycles. The number of hydrogen-bond donors (Lipinski definition) is 1. The van der Waals surface area contributed by atoms with Crippen LogP contribution in [0.1, 0.15) is 27.3 Å². The van der Waals surface area contributed by atoms with Crippen LogP contribution in [0.25, 0.3) is 6.08 Å². The van der Waals surface area contributed by atoms with E-state index in [-0.39, 0.29) is 11.5 Å². The van der Waals surface area contributed by atoms with E-state index in [0.717, 1.165) is 17.0 Å². The molecule has 0 amide bonds. The predicted octanol–water partition coefficient (Wildman–Crippen LogP) is 3.26. The first-order valence-corrected chi connectivity index (χ1v) is 6.90. The van der Waals surface area contributed by atoms with Gasteiger partial charge in [-0.15, -0.1) is 0 Å². The van der Waals surface area contributed by atoms with Crippen LogP contribution in [-0.2, 0) is 0 Å². The Hall–Kier alpha value is -2.69. The summed E-state index contributed by atoms with van der Waals surface area (Å²) >= 11 is 0. The second-order valence-corrected chi connectivity index (χ2v) is 5.19. The van der Waals surface area contributed by atoms with E-state index in [1.54, 1.807) is 25.3 Å². The number of aryl methyl sites for hydroxylation is 2. The lowest BCUT2D eigenvalue weighted by Crippen LogP contribution is -2.00. The molecule has 5 heteroatoms. The number of rotatable bonds is 3. The van der Waals surface area contributed by atoms with Crippen molar-refractivity contribution in [2.24, 2.45) is 0 Å². The van der Waals surface area contributed by atoms with Gasteiger partial charge in [0.2, 0.25) is 5.78 Å². The van der Waals surface area contributed by atoms with E-state index < -0.39 is 0 Å². The van der Waals surface area contributed by atoms with Gasteiger partial charge in [0.25, 0.3) is 0 Å².